The number of likely N-dealkylation sites (N-methyl/N-ethyl adjacent to an activating group) is 1. The molecule has 1 saturated heterocycles. The largest absolute Gasteiger partial charge is 0.497 e. The summed E-state index contributed by atoms with van der Waals surface area (Å²) in [5.41, 5.74) is 3.96. The van der Waals surface area contributed by atoms with Gasteiger partial charge in [0.15, 0.2) is 5.78 Å². The summed E-state index contributed by atoms with van der Waals surface area (Å²) in [4.78, 5) is 42.8. The van der Waals surface area contributed by atoms with Crippen LogP contribution in [-0.2, 0) is 6.54 Å². The summed E-state index contributed by atoms with van der Waals surface area (Å²) >= 11 is 0. The number of aromatic nitrogens is 2. The van der Waals surface area contributed by atoms with Gasteiger partial charge in [-0.05, 0) is 57.3 Å². The van der Waals surface area contributed by atoms with Crippen LogP contribution in [0.4, 0.5) is 33.6 Å². The number of piperazine rings is 1. The minimum absolute atomic E-state index is 0.0991. The van der Waals surface area contributed by atoms with E-state index in [0.717, 1.165) is 37.4 Å². The lowest BCUT2D eigenvalue weighted by molar-refractivity contribution is 0.101. The Bertz CT molecular complexity index is 1340. The van der Waals surface area contributed by atoms with E-state index < -0.39 is 0 Å². The highest BCUT2D eigenvalue weighted by Gasteiger charge is 2.32. The van der Waals surface area contributed by atoms with E-state index in [1.807, 2.05) is 19.1 Å². The second kappa shape index (κ2) is 10.7. The van der Waals surface area contributed by atoms with Crippen LogP contribution in [0.2, 0.25) is 0 Å². The molecule has 0 atom stereocenters. The predicted octanol–water partition coefficient (Wildman–Crippen LogP) is 4.15. The standard InChI is InChI=1S/C28H33N7O3/c1-5-34-26-21(18-35(28(34)37)24-14-20(19(2)36)15-25(16-24)38-4)17-29-27(31-26)30-22-6-8-23(9-7-22)33-12-10-32(3)11-13-33/h6-9,14-17H,5,10-13,18H2,1-4H3,(H,29,30,31). The molecule has 0 saturated carbocycles. The maximum absolute atomic E-state index is 13.5. The number of benzene rings is 2. The Labute approximate surface area is 222 Å². The molecule has 38 heavy (non-hydrogen) atoms. The second-order valence-corrected chi connectivity index (χ2v) is 9.59. The minimum atomic E-state index is -0.219. The molecule has 1 N–H and O–H groups in total. The number of carbonyl (C=O) groups is 2. The van der Waals surface area contributed by atoms with Crippen LogP contribution < -0.4 is 24.8 Å². The lowest BCUT2D eigenvalue weighted by Gasteiger charge is -2.35. The van der Waals surface area contributed by atoms with Crippen molar-refractivity contribution in [2.45, 2.75) is 20.4 Å². The van der Waals surface area contributed by atoms with Crippen molar-refractivity contribution in [2.75, 3.05) is 66.9 Å². The molecule has 0 aliphatic carbocycles. The molecule has 0 unspecified atom stereocenters. The smallest absolute Gasteiger partial charge is 0.330 e. The Morgan fingerprint density at radius 1 is 1.05 bits per heavy atom. The normalized spacial score (nSPS) is 15.9. The zero-order chi connectivity index (χ0) is 26.8. The number of urea groups is 1. The van der Waals surface area contributed by atoms with E-state index in [1.165, 1.54) is 19.7 Å². The first-order valence-corrected chi connectivity index (χ1v) is 12.8. The third-order valence-electron chi connectivity index (χ3n) is 7.04. The number of hydrogen-bond donors (Lipinski definition) is 1. The summed E-state index contributed by atoms with van der Waals surface area (Å²) in [5.74, 6) is 1.42. The Kier molecular flexibility index (Phi) is 7.15. The van der Waals surface area contributed by atoms with Crippen molar-refractivity contribution < 1.29 is 14.3 Å². The number of Topliss-reactive ketones (excluding diaryl/α,β-unsaturated/α-hetero) is 1. The number of ketones is 1. The van der Waals surface area contributed by atoms with Crippen molar-refractivity contribution in [2.24, 2.45) is 0 Å². The second-order valence-electron chi connectivity index (χ2n) is 9.59. The molecule has 1 fully saturated rings. The summed E-state index contributed by atoms with van der Waals surface area (Å²) in [6, 6.07) is 13.2. The summed E-state index contributed by atoms with van der Waals surface area (Å²) in [7, 11) is 3.69. The summed E-state index contributed by atoms with van der Waals surface area (Å²) in [5, 5.41) is 3.27. The molecule has 10 nitrogen and oxygen atoms in total. The highest BCUT2D eigenvalue weighted by Crippen LogP contribution is 2.33. The van der Waals surface area contributed by atoms with E-state index in [-0.39, 0.29) is 18.4 Å². The molecule has 5 rings (SSSR count). The number of fused-ring (bicyclic) bond motifs is 1. The summed E-state index contributed by atoms with van der Waals surface area (Å²) in [6.45, 7) is 8.27. The quantitative estimate of drug-likeness (QED) is 0.469. The molecule has 2 aliphatic heterocycles. The van der Waals surface area contributed by atoms with Gasteiger partial charge in [-0.2, -0.15) is 4.98 Å². The van der Waals surface area contributed by atoms with Crippen molar-refractivity contribution in [3.63, 3.8) is 0 Å². The molecule has 1 aromatic heterocycles. The van der Waals surface area contributed by atoms with Gasteiger partial charge in [0, 0.05) is 67.5 Å². The molecule has 0 bridgehead atoms. The number of ether oxygens (including phenoxy) is 1. The van der Waals surface area contributed by atoms with Gasteiger partial charge < -0.3 is 19.9 Å². The number of carbonyl (C=O) groups excluding carboxylic acids is 2. The molecule has 0 spiro atoms. The van der Waals surface area contributed by atoms with E-state index in [4.69, 9.17) is 9.72 Å². The van der Waals surface area contributed by atoms with Gasteiger partial charge in [-0.3, -0.25) is 14.6 Å². The van der Waals surface area contributed by atoms with Gasteiger partial charge in [-0.25, -0.2) is 9.78 Å². The first-order valence-electron chi connectivity index (χ1n) is 12.8. The number of anilines is 5. The van der Waals surface area contributed by atoms with Crippen LogP contribution in [-0.4, -0.2) is 73.6 Å². The molecule has 2 aromatic carbocycles. The SMILES string of the molecule is CCN1C(=O)N(c2cc(OC)cc(C(C)=O)c2)Cc2cnc(Nc3ccc(N4CCN(C)CC4)cc3)nc21. The average Bonchev–Trinajstić information content (AvgIpc) is 2.93. The van der Waals surface area contributed by atoms with Gasteiger partial charge in [0.1, 0.15) is 11.6 Å². The molecule has 198 valence electrons. The van der Waals surface area contributed by atoms with E-state index in [9.17, 15) is 9.59 Å². The molecule has 3 heterocycles. The molecule has 0 radical (unpaired) electrons. The number of nitrogens with one attached hydrogen (secondary N) is 1. The van der Waals surface area contributed by atoms with Gasteiger partial charge in [-0.1, -0.05) is 0 Å². The van der Waals surface area contributed by atoms with Gasteiger partial charge in [0.05, 0.1) is 19.3 Å². The third-order valence-corrected chi connectivity index (χ3v) is 7.04. The van der Waals surface area contributed by atoms with Gasteiger partial charge in [0.2, 0.25) is 5.95 Å². The molecule has 2 amide bonds. The topological polar surface area (TPSA) is 94.1 Å². The molecular formula is C28H33N7O3. The molecule has 2 aliphatic rings. The van der Waals surface area contributed by atoms with Crippen LogP contribution in [0.25, 0.3) is 0 Å². The summed E-state index contributed by atoms with van der Waals surface area (Å²) < 4.78 is 5.37. The van der Waals surface area contributed by atoms with Gasteiger partial charge in [0.25, 0.3) is 0 Å². The van der Waals surface area contributed by atoms with Gasteiger partial charge in [-0.15, -0.1) is 0 Å². The van der Waals surface area contributed by atoms with E-state index >= 15 is 0 Å². The number of amides is 2. The number of methoxy groups -OCH3 is 1. The van der Waals surface area contributed by atoms with Crippen molar-refractivity contribution in [3.8, 4) is 5.75 Å². The maximum atomic E-state index is 13.5. The lowest BCUT2D eigenvalue weighted by atomic mass is 10.1. The van der Waals surface area contributed by atoms with Crippen LogP contribution in [0.5, 0.6) is 5.75 Å². The molecular weight excluding hydrogens is 482 g/mol. The zero-order valence-electron chi connectivity index (χ0n) is 22.3. The number of rotatable bonds is 7. The predicted molar refractivity (Wildman–Crippen MR) is 149 cm³/mol. The number of nitrogens with zero attached hydrogens (tertiary/aromatic N) is 6. The van der Waals surface area contributed by atoms with Crippen LogP contribution in [0.1, 0.15) is 29.8 Å². The summed E-state index contributed by atoms with van der Waals surface area (Å²) in [6.07, 6.45) is 1.75. The fourth-order valence-corrected chi connectivity index (χ4v) is 4.77. The van der Waals surface area contributed by atoms with Crippen LogP contribution in [0.3, 0.4) is 0 Å². The molecule has 3 aromatic rings. The Balaban J connectivity index is 1.36. The van der Waals surface area contributed by atoms with E-state index in [0.29, 0.717) is 35.3 Å². The Hall–Kier alpha value is -4.18. The van der Waals surface area contributed by atoms with Crippen molar-refractivity contribution in [1.29, 1.82) is 0 Å². The fraction of sp³-hybridized carbons (Fsp3) is 0.357. The van der Waals surface area contributed by atoms with Crippen LogP contribution >= 0.6 is 0 Å². The van der Waals surface area contributed by atoms with Crippen molar-refractivity contribution >= 4 is 40.6 Å². The van der Waals surface area contributed by atoms with Crippen LogP contribution in [0, 0.1) is 0 Å². The van der Waals surface area contributed by atoms with Crippen molar-refractivity contribution in [1.82, 2.24) is 14.9 Å². The van der Waals surface area contributed by atoms with E-state index in [1.54, 1.807) is 34.2 Å². The monoisotopic (exact) mass is 515 g/mol. The van der Waals surface area contributed by atoms with Crippen LogP contribution in [0.15, 0.2) is 48.7 Å². The van der Waals surface area contributed by atoms with Crippen molar-refractivity contribution in [3.05, 3.63) is 59.8 Å². The zero-order valence-corrected chi connectivity index (χ0v) is 22.3. The first kappa shape index (κ1) is 25.5. The highest BCUT2D eigenvalue weighted by molar-refractivity contribution is 6.06. The number of hydrogen-bond acceptors (Lipinski definition) is 8. The first-order chi connectivity index (χ1) is 18.4. The Morgan fingerprint density at radius 3 is 2.45 bits per heavy atom. The Morgan fingerprint density at radius 2 is 1.79 bits per heavy atom. The average molecular weight is 516 g/mol. The maximum Gasteiger partial charge on any atom is 0.330 e. The lowest BCUT2D eigenvalue weighted by Crippen LogP contribution is -2.48. The minimum Gasteiger partial charge on any atom is -0.497 e. The third kappa shape index (κ3) is 5.12. The molecule has 10 heteroatoms. The van der Waals surface area contributed by atoms with E-state index in [2.05, 4.69) is 39.3 Å². The highest BCUT2D eigenvalue weighted by atomic mass is 16.5. The van der Waals surface area contributed by atoms with Gasteiger partial charge >= 0.3 is 6.03 Å². The fourth-order valence-electron chi connectivity index (χ4n) is 4.77.